The Balaban J connectivity index is 1.44. The molecule has 4 rings (SSSR count). The van der Waals surface area contributed by atoms with Crippen LogP contribution >= 0.6 is 22.7 Å². The number of thiophene rings is 1. The molecule has 3 aromatic heterocycles. The number of aromatic nitrogens is 2. The molecule has 1 aliphatic carbocycles. The standard InChI is InChI=1S/C18H17N3O4S2/c1-2-24-15(22)8-11-10-27-17(19-11)20-16(23)18(5-6-18)14-9-12(25-21-14)13-4-3-7-26-13/h3-4,7,9-10H,2,5-6,8H2,1H3,(H,19,20,23). The number of carbonyl (C=O) groups excluding carboxylic acids is 2. The first-order valence-electron chi connectivity index (χ1n) is 8.53. The molecule has 0 radical (unpaired) electrons. The smallest absolute Gasteiger partial charge is 0.311 e. The second-order valence-corrected chi connectivity index (χ2v) is 8.02. The van der Waals surface area contributed by atoms with Gasteiger partial charge in [-0.15, -0.1) is 22.7 Å². The van der Waals surface area contributed by atoms with Crippen LogP contribution in [0.5, 0.6) is 0 Å². The van der Waals surface area contributed by atoms with E-state index in [9.17, 15) is 9.59 Å². The van der Waals surface area contributed by atoms with E-state index in [0.717, 1.165) is 17.7 Å². The number of anilines is 1. The summed E-state index contributed by atoms with van der Waals surface area (Å²) < 4.78 is 10.3. The van der Waals surface area contributed by atoms with Crippen LogP contribution < -0.4 is 5.32 Å². The van der Waals surface area contributed by atoms with Crippen LogP contribution in [0.1, 0.15) is 31.2 Å². The third-order valence-electron chi connectivity index (χ3n) is 4.35. The van der Waals surface area contributed by atoms with Gasteiger partial charge in [0.15, 0.2) is 10.9 Å². The first-order valence-corrected chi connectivity index (χ1v) is 10.3. The lowest BCUT2D eigenvalue weighted by atomic mass is 10.0. The molecular weight excluding hydrogens is 386 g/mol. The van der Waals surface area contributed by atoms with Gasteiger partial charge in [-0.3, -0.25) is 9.59 Å². The van der Waals surface area contributed by atoms with Crippen LogP contribution in [-0.4, -0.2) is 28.6 Å². The van der Waals surface area contributed by atoms with Crippen LogP contribution in [0.4, 0.5) is 5.13 Å². The van der Waals surface area contributed by atoms with E-state index in [2.05, 4.69) is 15.5 Å². The maximum atomic E-state index is 12.8. The molecule has 3 aromatic rings. The van der Waals surface area contributed by atoms with Crippen molar-refractivity contribution >= 4 is 39.7 Å². The highest BCUT2D eigenvalue weighted by Gasteiger charge is 2.54. The van der Waals surface area contributed by atoms with E-state index in [0.29, 0.717) is 28.9 Å². The monoisotopic (exact) mass is 403 g/mol. The van der Waals surface area contributed by atoms with E-state index in [-0.39, 0.29) is 18.3 Å². The van der Waals surface area contributed by atoms with Gasteiger partial charge in [0.25, 0.3) is 0 Å². The van der Waals surface area contributed by atoms with E-state index in [1.807, 2.05) is 23.6 Å². The molecule has 1 N–H and O–H groups in total. The average molecular weight is 403 g/mol. The Morgan fingerprint density at radius 2 is 2.22 bits per heavy atom. The zero-order valence-corrected chi connectivity index (χ0v) is 16.2. The normalized spacial score (nSPS) is 14.7. The molecule has 0 bridgehead atoms. The van der Waals surface area contributed by atoms with Gasteiger partial charge in [0.2, 0.25) is 5.91 Å². The predicted molar refractivity (Wildman–Crippen MR) is 102 cm³/mol. The molecular formula is C18H17N3O4S2. The lowest BCUT2D eigenvalue weighted by Crippen LogP contribution is -2.28. The van der Waals surface area contributed by atoms with Crippen LogP contribution in [0, 0.1) is 0 Å². The number of amides is 1. The van der Waals surface area contributed by atoms with Gasteiger partial charge < -0.3 is 14.6 Å². The number of nitrogens with zero attached hydrogens (tertiary/aromatic N) is 2. The van der Waals surface area contributed by atoms with Crippen LogP contribution in [0.3, 0.4) is 0 Å². The number of nitrogens with one attached hydrogen (secondary N) is 1. The minimum atomic E-state index is -0.661. The number of carbonyl (C=O) groups is 2. The first kappa shape index (κ1) is 17.9. The Bertz CT molecular complexity index is 957. The maximum Gasteiger partial charge on any atom is 0.311 e. The Labute approximate surface area is 163 Å². The van der Waals surface area contributed by atoms with Crippen molar-refractivity contribution in [2.75, 3.05) is 11.9 Å². The van der Waals surface area contributed by atoms with Crippen molar-refractivity contribution in [1.82, 2.24) is 10.1 Å². The molecule has 0 saturated heterocycles. The fraction of sp³-hybridized carbons (Fsp3) is 0.333. The zero-order chi connectivity index (χ0) is 18.9. The predicted octanol–water partition coefficient (Wildman–Crippen LogP) is 3.64. The summed E-state index contributed by atoms with van der Waals surface area (Å²) in [6.07, 6.45) is 1.53. The summed E-state index contributed by atoms with van der Waals surface area (Å²) in [5, 5.41) is 11.2. The van der Waals surface area contributed by atoms with Gasteiger partial charge in [-0.2, -0.15) is 0 Å². The molecule has 0 aromatic carbocycles. The first-order chi connectivity index (χ1) is 13.1. The van der Waals surface area contributed by atoms with Crippen molar-refractivity contribution in [2.24, 2.45) is 0 Å². The molecule has 27 heavy (non-hydrogen) atoms. The highest BCUT2D eigenvalue weighted by Crippen LogP contribution is 2.49. The van der Waals surface area contributed by atoms with Crippen molar-refractivity contribution in [3.05, 3.63) is 40.3 Å². The van der Waals surface area contributed by atoms with Gasteiger partial charge >= 0.3 is 5.97 Å². The summed E-state index contributed by atoms with van der Waals surface area (Å²) >= 11 is 2.85. The number of hydrogen-bond donors (Lipinski definition) is 1. The van der Waals surface area contributed by atoms with Gasteiger partial charge in [-0.05, 0) is 31.2 Å². The fourth-order valence-electron chi connectivity index (χ4n) is 2.78. The van der Waals surface area contributed by atoms with Gasteiger partial charge in [0, 0.05) is 11.4 Å². The molecule has 9 heteroatoms. The quantitative estimate of drug-likeness (QED) is 0.605. The molecule has 0 aliphatic heterocycles. The van der Waals surface area contributed by atoms with Crippen LogP contribution in [0.25, 0.3) is 10.6 Å². The zero-order valence-electron chi connectivity index (χ0n) is 14.6. The van der Waals surface area contributed by atoms with E-state index >= 15 is 0 Å². The van der Waals surface area contributed by atoms with Crippen LogP contribution in [0.2, 0.25) is 0 Å². The largest absolute Gasteiger partial charge is 0.466 e. The number of hydrogen-bond acceptors (Lipinski definition) is 8. The van der Waals surface area contributed by atoms with Gasteiger partial charge in [-0.25, -0.2) is 4.98 Å². The summed E-state index contributed by atoms with van der Waals surface area (Å²) in [5.74, 6) is 0.193. The Morgan fingerprint density at radius 3 is 2.93 bits per heavy atom. The van der Waals surface area contributed by atoms with Crippen molar-refractivity contribution in [3.63, 3.8) is 0 Å². The van der Waals surface area contributed by atoms with Gasteiger partial charge in [-0.1, -0.05) is 11.2 Å². The SMILES string of the molecule is CCOC(=O)Cc1csc(NC(=O)C2(c3cc(-c4cccs4)on3)CC2)n1. The minimum Gasteiger partial charge on any atom is -0.466 e. The molecule has 140 valence electrons. The van der Waals surface area contributed by atoms with E-state index in [4.69, 9.17) is 9.26 Å². The van der Waals surface area contributed by atoms with Crippen LogP contribution in [0.15, 0.2) is 33.5 Å². The second kappa shape index (κ2) is 7.24. The van der Waals surface area contributed by atoms with Crippen molar-refractivity contribution < 1.29 is 18.8 Å². The molecule has 0 unspecified atom stereocenters. The maximum absolute atomic E-state index is 12.8. The number of ether oxygens (including phenoxy) is 1. The average Bonchev–Trinajstić information content (AvgIpc) is 3.04. The molecule has 0 atom stereocenters. The second-order valence-electron chi connectivity index (χ2n) is 6.22. The third kappa shape index (κ3) is 3.65. The van der Waals surface area contributed by atoms with E-state index < -0.39 is 5.41 Å². The summed E-state index contributed by atoms with van der Waals surface area (Å²) in [6.45, 7) is 2.09. The number of rotatable bonds is 7. The highest BCUT2D eigenvalue weighted by molar-refractivity contribution is 7.14. The molecule has 1 fully saturated rings. The van der Waals surface area contributed by atoms with Gasteiger partial charge in [0.05, 0.1) is 34.7 Å². The van der Waals surface area contributed by atoms with Crippen LogP contribution in [-0.2, 0) is 26.2 Å². The summed E-state index contributed by atoms with van der Waals surface area (Å²) in [6, 6.07) is 5.74. The summed E-state index contributed by atoms with van der Waals surface area (Å²) in [7, 11) is 0. The van der Waals surface area contributed by atoms with Crippen molar-refractivity contribution in [3.8, 4) is 10.6 Å². The van der Waals surface area contributed by atoms with E-state index in [1.54, 1.807) is 23.6 Å². The lowest BCUT2D eigenvalue weighted by Gasteiger charge is -2.10. The number of thiazole rings is 1. The third-order valence-corrected chi connectivity index (χ3v) is 6.04. The molecule has 1 amide bonds. The molecule has 1 saturated carbocycles. The number of esters is 1. The lowest BCUT2D eigenvalue weighted by molar-refractivity contribution is -0.142. The summed E-state index contributed by atoms with van der Waals surface area (Å²) in [4.78, 5) is 29.6. The molecule has 3 heterocycles. The summed E-state index contributed by atoms with van der Waals surface area (Å²) in [5.41, 5.74) is 0.568. The topological polar surface area (TPSA) is 94.3 Å². The van der Waals surface area contributed by atoms with Gasteiger partial charge in [0.1, 0.15) is 0 Å². The van der Waals surface area contributed by atoms with Crippen molar-refractivity contribution in [2.45, 2.75) is 31.6 Å². The van der Waals surface area contributed by atoms with E-state index in [1.165, 1.54) is 11.3 Å². The van der Waals surface area contributed by atoms with Crippen molar-refractivity contribution in [1.29, 1.82) is 0 Å². The fourth-order valence-corrected chi connectivity index (χ4v) is 4.16. The highest BCUT2D eigenvalue weighted by atomic mass is 32.1. The Morgan fingerprint density at radius 1 is 1.37 bits per heavy atom. The molecule has 0 spiro atoms. The Kier molecular flexibility index (Phi) is 4.79. The minimum absolute atomic E-state index is 0.0960. The Hall–Kier alpha value is -2.52. The molecule has 1 aliphatic rings. The molecule has 7 nitrogen and oxygen atoms in total.